The maximum atomic E-state index is 12.5. The summed E-state index contributed by atoms with van der Waals surface area (Å²) in [6, 6.07) is 10.9. The first kappa shape index (κ1) is 14.8. The molecular formula is C18H11N5O2S. The number of anilines is 1. The summed E-state index contributed by atoms with van der Waals surface area (Å²) in [6.07, 6.45) is 3.23. The van der Waals surface area contributed by atoms with Crippen LogP contribution in [-0.2, 0) is 0 Å². The fourth-order valence-electron chi connectivity index (χ4n) is 2.78. The quantitative estimate of drug-likeness (QED) is 0.505. The highest BCUT2D eigenvalue weighted by atomic mass is 32.1. The number of H-pyrrole nitrogens is 1. The lowest BCUT2D eigenvalue weighted by atomic mass is 10.1. The summed E-state index contributed by atoms with van der Waals surface area (Å²) in [4.78, 5) is 21.8. The molecule has 2 N–H and O–H groups in total. The van der Waals surface area contributed by atoms with Gasteiger partial charge in [0.1, 0.15) is 16.2 Å². The van der Waals surface area contributed by atoms with Crippen LogP contribution in [0.1, 0.15) is 10.5 Å². The van der Waals surface area contributed by atoms with Crippen LogP contribution < -0.4 is 5.32 Å². The number of nitrogens with one attached hydrogen (secondary N) is 2. The molecule has 8 heteroatoms. The van der Waals surface area contributed by atoms with Crippen molar-refractivity contribution in [3.63, 3.8) is 0 Å². The molecule has 0 radical (unpaired) electrons. The Hall–Kier alpha value is -3.52. The van der Waals surface area contributed by atoms with Crippen LogP contribution in [0.15, 0.2) is 58.9 Å². The molecule has 7 nitrogen and oxygen atoms in total. The van der Waals surface area contributed by atoms with Gasteiger partial charge in [0.05, 0.1) is 29.1 Å². The maximum absolute atomic E-state index is 12.5. The van der Waals surface area contributed by atoms with Crippen molar-refractivity contribution in [2.45, 2.75) is 0 Å². The SMILES string of the molecule is O=C(Nc1ccc2[nH]nc(-c3ccoc3)c2c1)c1ccc2ncsc2n1. The molecule has 4 heterocycles. The minimum atomic E-state index is -0.270. The molecule has 0 spiro atoms. The molecule has 0 unspecified atom stereocenters. The molecular weight excluding hydrogens is 350 g/mol. The van der Waals surface area contributed by atoms with Gasteiger partial charge < -0.3 is 9.73 Å². The number of nitrogens with zero attached hydrogens (tertiary/aromatic N) is 3. The Bertz CT molecular complexity index is 1240. The number of hydrogen-bond acceptors (Lipinski definition) is 6. The molecule has 0 aliphatic carbocycles. The van der Waals surface area contributed by atoms with Gasteiger partial charge in [-0.2, -0.15) is 5.10 Å². The Balaban J connectivity index is 1.48. The zero-order valence-electron chi connectivity index (χ0n) is 13.3. The number of fused-ring (bicyclic) bond motifs is 2. The zero-order chi connectivity index (χ0) is 17.5. The van der Waals surface area contributed by atoms with E-state index in [1.165, 1.54) is 11.3 Å². The van der Waals surface area contributed by atoms with Gasteiger partial charge in [-0.15, -0.1) is 11.3 Å². The Labute approximate surface area is 150 Å². The number of rotatable bonds is 3. The number of aromatic nitrogens is 4. The van der Waals surface area contributed by atoms with Crippen LogP contribution in [0.25, 0.3) is 32.5 Å². The highest BCUT2D eigenvalue weighted by Crippen LogP contribution is 2.29. The first-order chi connectivity index (χ1) is 12.8. The summed E-state index contributed by atoms with van der Waals surface area (Å²) < 4.78 is 5.13. The molecule has 4 aromatic heterocycles. The molecule has 0 saturated carbocycles. The van der Waals surface area contributed by atoms with Crippen molar-refractivity contribution in [2.75, 3.05) is 5.32 Å². The Morgan fingerprint density at radius 2 is 2.15 bits per heavy atom. The second-order valence-electron chi connectivity index (χ2n) is 5.67. The van der Waals surface area contributed by atoms with Crippen LogP contribution in [0.3, 0.4) is 0 Å². The van der Waals surface area contributed by atoms with Gasteiger partial charge in [0.25, 0.3) is 5.91 Å². The van der Waals surface area contributed by atoms with Crippen LogP contribution in [0, 0.1) is 0 Å². The predicted octanol–water partition coefficient (Wildman–Crippen LogP) is 4.08. The second-order valence-corrected chi connectivity index (χ2v) is 6.51. The molecule has 1 aromatic carbocycles. The van der Waals surface area contributed by atoms with Crippen molar-refractivity contribution in [3.05, 3.63) is 60.1 Å². The summed E-state index contributed by atoms with van der Waals surface area (Å²) in [5.74, 6) is -0.270. The average molecular weight is 361 g/mol. The highest BCUT2D eigenvalue weighted by Gasteiger charge is 2.13. The monoisotopic (exact) mass is 361 g/mol. The lowest BCUT2D eigenvalue weighted by Gasteiger charge is -2.05. The number of pyridine rings is 1. The van der Waals surface area contributed by atoms with Gasteiger partial charge in [-0.05, 0) is 36.4 Å². The highest BCUT2D eigenvalue weighted by molar-refractivity contribution is 7.16. The molecule has 5 rings (SSSR count). The topological polar surface area (TPSA) is 96.7 Å². The van der Waals surface area contributed by atoms with E-state index < -0.39 is 0 Å². The summed E-state index contributed by atoms with van der Waals surface area (Å²) in [5.41, 5.74) is 6.04. The van der Waals surface area contributed by atoms with Crippen LogP contribution in [0.4, 0.5) is 5.69 Å². The molecule has 0 fully saturated rings. The maximum Gasteiger partial charge on any atom is 0.274 e. The molecule has 126 valence electrons. The number of furan rings is 1. The van der Waals surface area contributed by atoms with Crippen molar-refractivity contribution in [3.8, 4) is 11.3 Å². The van der Waals surface area contributed by atoms with Crippen molar-refractivity contribution in [1.29, 1.82) is 0 Å². The fourth-order valence-corrected chi connectivity index (χ4v) is 3.44. The van der Waals surface area contributed by atoms with E-state index in [-0.39, 0.29) is 5.91 Å². The molecule has 5 aromatic rings. The molecule has 0 bridgehead atoms. The van der Waals surface area contributed by atoms with Gasteiger partial charge in [-0.3, -0.25) is 9.89 Å². The van der Waals surface area contributed by atoms with Crippen molar-refractivity contribution < 1.29 is 9.21 Å². The fraction of sp³-hybridized carbons (Fsp3) is 0. The first-order valence-corrected chi connectivity index (χ1v) is 8.68. The normalized spacial score (nSPS) is 11.2. The molecule has 0 aliphatic heterocycles. The third-order valence-corrected chi connectivity index (χ3v) is 4.78. The minimum Gasteiger partial charge on any atom is -0.472 e. The summed E-state index contributed by atoms with van der Waals surface area (Å²) in [5, 5.41) is 11.1. The van der Waals surface area contributed by atoms with Crippen LogP contribution >= 0.6 is 11.3 Å². The van der Waals surface area contributed by atoms with E-state index in [0.717, 1.165) is 32.5 Å². The van der Waals surface area contributed by atoms with Crippen molar-refractivity contribution in [2.24, 2.45) is 0 Å². The molecule has 0 saturated heterocycles. The van der Waals surface area contributed by atoms with E-state index >= 15 is 0 Å². The summed E-state index contributed by atoms with van der Waals surface area (Å²) in [7, 11) is 0. The van der Waals surface area contributed by atoms with Gasteiger partial charge >= 0.3 is 0 Å². The van der Waals surface area contributed by atoms with Gasteiger partial charge in [-0.25, -0.2) is 9.97 Å². The summed E-state index contributed by atoms with van der Waals surface area (Å²) in [6.45, 7) is 0. The molecule has 0 aliphatic rings. The molecule has 1 amide bonds. The smallest absolute Gasteiger partial charge is 0.274 e. The second kappa shape index (κ2) is 5.78. The van der Waals surface area contributed by atoms with Gasteiger partial charge in [0, 0.05) is 16.6 Å². The van der Waals surface area contributed by atoms with E-state index in [9.17, 15) is 4.79 Å². The number of carbonyl (C=O) groups excluding carboxylic acids is 1. The number of carbonyl (C=O) groups is 1. The third kappa shape index (κ3) is 2.44. The van der Waals surface area contributed by atoms with Gasteiger partial charge in [-0.1, -0.05) is 0 Å². The van der Waals surface area contributed by atoms with E-state index in [1.807, 2.05) is 24.3 Å². The number of benzene rings is 1. The number of hydrogen-bond donors (Lipinski definition) is 2. The molecule has 26 heavy (non-hydrogen) atoms. The Morgan fingerprint density at radius 1 is 1.19 bits per heavy atom. The Morgan fingerprint density at radius 3 is 3.04 bits per heavy atom. The van der Waals surface area contributed by atoms with Crippen LogP contribution in [0.2, 0.25) is 0 Å². The van der Waals surface area contributed by atoms with Gasteiger partial charge in [0.2, 0.25) is 0 Å². The summed E-state index contributed by atoms with van der Waals surface area (Å²) >= 11 is 1.41. The number of thiazole rings is 1. The third-order valence-electron chi connectivity index (χ3n) is 4.04. The van der Waals surface area contributed by atoms with Crippen LogP contribution in [0.5, 0.6) is 0 Å². The van der Waals surface area contributed by atoms with Crippen molar-refractivity contribution >= 4 is 44.2 Å². The lowest BCUT2D eigenvalue weighted by Crippen LogP contribution is -2.13. The number of amides is 1. The predicted molar refractivity (Wildman–Crippen MR) is 99.2 cm³/mol. The van der Waals surface area contributed by atoms with E-state index in [4.69, 9.17) is 4.42 Å². The number of aromatic amines is 1. The standard InChI is InChI=1S/C18H11N5O2S/c24-17(14-3-4-15-18(21-14)26-9-19-15)20-11-1-2-13-12(7-11)16(23-22-13)10-5-6-25-8-10/h1-9H,(H,20,24)(H,22,23). The van der Waals surface area contributed by atoms with E-state index in [1.54, 1.807) is 30.2 Å². The van der Waals surface area contributed by atoms with E-state index in [2.05, 4.69) is 25.5 Å². The lowest BCUT2D eigenvalue weighted by molar-refractivity contribution is 0.102. The minimum absolute atomic E-state index is 0.270. The van der Waals surface area contributed by atoms with Crippen molar-refractivity contribution in [1.82, 2.24) is 20.2 Å². The zero-order valence-corrected chi connectivity index (χ0v) is 14.1. The largest absolute Gasteiger partial charge is 0.472 e. The van der Waals surface area contributed by atoms with Crippen LogP contribution in [-0.4, -0.2) is 26.1 Å². The Kier molecular flexibility index (Phi) is 3.29. The van der Waals surface area contributed by atoms with E-state index in [0.29, 0.717) is 11.4 Å². The van der Waals surface area contributed by atoms with Gasteiger partial charge in [0.15, 0.2) is 0 Å². The molecule has 0 atom stereocenters. The average Bonchev–Trinajstić information content (AvgIpc) is 3.40. The first-order valence-electron chi connectivity index (χ1n) is 7.80.